The average molecular weight is 271 g/mol. The van der Waals surface area contributed by atoms with Crippen LogP contribution in [0.25, 0.3) is 0 Å². The molecule has 0 aromatic rings. The van der Waals surface area contributed by atoms with Crippen molar-refractivity contribution in [3.63, 3.8) is 0 Å². The van der Waals surface area contributed by atoms with Crippen molar-refractivity contribution in [2.24, 2.45) is 0 Å². The standard InChI is InChI=1S/C11H24Cl2OSi/c1-3-5-7-8-10(11(12,13)15)14-9-6-4-2/h10H,3-9H2,1-2,15H3. The van der Waals surface area contributed by atoms with Crippen LogP contribution in [0, 0.1) is 0 Å². The molecular weight excluding hydrogens is 247 g/mol. The molecule has 1 atom stereocenters. The Labute approximate surface area is 107 Å². The number of unbranched alkanes of at least 4 members (excludes halogenated alkanes) is 3. The third-order valence-corrected chi connectivity index (χ3v) is 3.58. The average Bonchev–Trinajstić information content (AvgIpc) is 2.14. The van der Waals surface area contributed by atoms with Crippen molar-refractivity contribution < 1.29 is 4.74 Å². The summed E-state index contributed by atoms with van der Waals surface area (Å²) in [5, 5.41) is 0. The predicted molar refractivity (Wildman–Crippen MR) is 73.2 cm³/mol. The van der Waals surface area contributed by atoms with E-state index in [1.807, 2.05) is 0 Å². The molecule has 0 fully saturated rings. The summed E-state index contributed by atoms with van der Waals surface area (Å²) in [6.07, 6.45) is 6.89. The van der Waals surface area contributed by atoms with Gasteiger partial charge in [-0.25, -0.2) is 0 Å². The molecule has 1 nitrogen and oxygen atoms in total. The second-order valence-electron chi connectivity index (χ2n) is 4.17. The summed E-state index contributed by atoms with van der Waals surface area (Å²) in [7, 11) is 0.754. The summed E-state index contributed by atoms with van der Waals surface area (Å²) in [6, 6.07) is 0. The van der Waals surface area contributed by atoms with E-state index in [4.69, 9.17) is 27.9 Å². The van der Waals surface area contributed by atoms with Crippen molar-refractivity contribution in [1.82, 2.24) is 0 Å². The number of rotatable bonds is 9. The Bertz CT molecular complexity index is 138. The smallest absolute Gasteiger partial charge is 0.122 e. The third kappa shape index (κ3) is 8.55. The quantitative estimate of drug-likeness (QED) is 0.355. The highest BCUT2D eigenvalue weighted by Crippen LogP contribution is 2.27. The number of hydrogen-bond donors (Lipinski definition) is 0. The monoisotopic (exact) mass is 270 g/mol. The largest absolute Gasteiger partial charge is 0.375 e. The molecule has 0 aliphatic carbocycles. The number of ether oxygens (including phenoxy) is 1. The van der Waals surface area contributed by atoms with Crippen LogP contribution in [0.2, 0.25) is 0 Å². The summed E-state index contributed by atoms with van der Waals surface area (Å²) >= 11 is 12.3. The first-order valence-corrected chi connectivity index (χ1v) is 7.77. The van der Waals surface area contributed by atoms with Crippen LogP contribution in [-0.2, 0) is 4.74 Å². The fraction of sp³-hybridized carbons (Fsp3) is 1.00. The molecule has 4 heteroatoms. The second kappa shape index (κ2) is 8.86. The molecule has 0 radical (unpaired) electrons. The van der Waals surface area contributed by atoms with Gasteiger partial charge in [0.25, 0.3) is 0 Å². The van der Waals surface area contributed by atoms with Gasteiger partial charge >= 0.3 is 0 Å². The maximum Gasteiger partial charge on any atom is 0.122 e. The lowest BCUT2D eigenvalue weighted by Gasteiger charge is -2.26. The van der Waals surface area contributed by atoms with Crippen LogP contribution in [0.5, 0.6) is 0 Å². The zero-order valence-electron chi connectivity index (χ0n) is 10.2. The van der Waals surface area contributed by atoms with E-state index in [9.17, 15) is 0 Å². The molecule has 1 unspecified atom stereocenters. The first-order chi connectivity index (χ1) is 7.02. The molecule has 0 rings (SSSR count). The fourth-order valence-electron chi connectivity index (χ4n) is 1.43. The minimum absolute atomic E-state index is 0.0330. The molecule has 0 saturated heterocycles. The van der Waals surface area contributed by atoms with Crippen molar-refractivity contribution in [2.75, 3.05) is 6.61 Å². The molecule has 0 saturated carbocycles. The molecule has 0 aromatic carbocycles. The van der Waals surface area contributed by atoms with Gasteiger partial charge in [0.2, 0.25) is 0 Å². The van der Waals surface area contributed by atoms with Gasteiger partial charge in [0.1, 0.15) is 3.96 Å². The van der Waals surface area contributed by atoms with Gasteiger partial charge in [-0.05, 0) is 12.8 Å². The van der Waals surface area contributed by atoms with E-state index >= 15 is 0 Å². The highest BCUT2D eigenvalue weighted by molar-refractivity contribution is 6.65. The lowest BCUT2D eigenvalue weighted by Crippen LogP contribution is -2.34. The fourth-order valence-corrected chi connectivity index (χ4v) is 2.23. The molecule has 0 spiro atoms. The summed E-state index contributed by atoms with van der Waals surface area (Å²) in [4.78, 5) is 0. The minimum Gasteiger partial charge on any atom is -0.375 e. The minimum atomic E-state index is -0.624. The SMILES string of the molecule is CCCCCC(OCCCC)C([SiH3])(Cl)Cl. The number of halogens is 2. The Morgan fingerprint density at radius 3 is 2.20 bits per heavy atom. The van der Waals surface area contributed by atoms with Crippen LogP contribution in [-0.4, -0.2) is 26.9 Å². The second-order valence-corrected chi connectivity index (χ2v) is 8.77. The first-order valence-electron chi connectivity index (χ1n) is 6.01. The maximum atomic E-state index is 6.16. The maximum absolute atomic E-state index is 6.16. The molecule has 0 heterocycles. The van der Waals surface area contributed by atoms with Gasteiger partial charge in [-0.15, -0.1) is 23.2 Å². The number of alkyl halides is 2. The Balaban J connectivity index is 3.85. The molecule has 0 aliphatic rings. The zero-order chi connectivity index (χ0) is 11.7. The van der Waals surface area contributed by atoms with Crippen LogP contribution in [0.1, 0.15) is 52.4 Å². The van der Waals surface area contributed by atoms with Gasteiger partial charge in [0.15, 0.2) is 0 Å². The van der Waals surface area contributed by atoms with Crippen LogP contribution in [0.4, 0.5) is 0 Å². The van der Waals surface area contributed by atoms with E-state index in [1.54, 1.807) is 0 Å². The molecular formula is C11H24Cl2OSi. The van der Waals surface area contributed by atoms with E-state index in [0.29, 0.717) is 0 Å². The highest BCUT2D eigenvalue weighted by atomic mass is 35.5. The normalized spacial score (nSPS) is 14.4. The Morgan fingerprint density at radius 1 is 1.13 bits per heavy atom. The first kappa shape index (κ1) is 15.8. The predicted octanol–water partition coefficient (Wildman–Crippen LogP) is 3.25. The van der Waals surface area contributed by atoms with Gasteiger partial charge in [0.05, 0.1) is 16.3 Å². The van der Waals surface area contributed by atoms with Crippen molar-refractivity contribution >= 4 is 33.4 Å². The van der Waals surface area contributed by atoms with Crippen LogP contribution in [0.15, 0.2) is 0 Å². The van der Waals surface area contributed by atoms with Crippen molar-refractivity contribution in [3.05, 3.63) is 0 Å². The van der Waals surface area contributed by atoms with Gasteiger partial charge in [0, 0.05) is 6.61 Å². The zero-order valence-corrected chi connectivity index (χ0v) is 13.7. The Kier molecular flexibility index (Phi) is 9.30. The molecule has 0 amide bonds. The van der Waals surface area contributed by atoms with E-state index in [-0.39, 0.29) is 6.10 Å². The highest BCUT2D eigenvalue weighted by Gasteiger charge is 2.29. The molecule has 15 heavy (non-hydrogen) atoms. The van der Waals surface area contributed by atoms with E-state index < -0.39 is 3.96 Å². The van der Waals surface area contributed by atoms with E-state index in [1.165, 1.54) is 12.8 Å². The van der Waals surface area contributed by atoms with E-state index in [2.05, 4.69) is 13.8 Å². The molecule has 92 valence electrons. The Morgan fingerprint density at radius 2 is 1.73 bits per heavy atom. The Hall–Kier alpha value is 0.757. The molecule has 0 N–H and O–H groups in total. The summed E-state index contributed by atoms with van der Waals surface area (Å²) in [6.45, 7) is 5.14. The lowest BCUT2D eigenvalue weighted by atomic mass is 10.1. The third-order valence-electron chi connectivity index (χ3n) is 2.45. The summed E-state index contributed by atoms with van der Waals surface area (Å²) in [5.74, 6) is 0. The summed E-state index contributed by atoms with van der Waals surface area (Å²) < 4.78 is 5.14. The van der Waals surface area contributed by atoms with Crippen molar-refractivity contribution in [3.8, 4) is 0 Å². The van der Waals surface area contributed by atoms with Crippen molar-refractivity contribution in [1.29, 1.82) is 0 Å². The van der Waals surface area contributed by atoms with Gasteiger partial charge in [-0.1, -0.05) is 39.5 Å². The number of hydrogen-bond acceptors (Lipinski definition) is 1. The topological polar surface area (TPSA) is 9.23 Å². The molecule has 0 aromatic heterocycles. The van der Waals surface area contributed by atoms with Crippen LogP contribution >= 0.6 is 23.2 Å². The van der Waals surface area contributed by atoms with Crippen LogP contribution < -0.4 is 0 Å². The lowest BCUT2D eigenvalue weighted by molar-refractivity contribution is 0.0464. The van der Waals surface area contributed by atoms with Gasteiger partial charge in [-0.3, -0.25) is 0 Å². The van der Waals surface area contributed by atoms with Gasteiger partial charge < -0.3 is 4.74 Å². The van der Waals surface area contributed by atoms with E-state index in [0.717, 1.165) is 42.5 Å². The molecule has 0 bridgehead atoms. The van der Waals surface area contributed by atoms with Crippen molar-refractivity contribution in [2.45, 2.75) is 62.4 Å². The summed E-state index contributed by atoms with van der Waals surface area (Å²) in [5.41, 5.74) is 0. The molecule has 0 aliphatic heterocycles. The van der Waals surface area contributed by atoms with Gasteiger partial charge in [-0.2, -0.15) is 0 Å². The van der Waals surface area contributed by atoms with Crippen LogP contribution in [0.3, 0.4) is 0 Å².